The quantitative estimate of drug-likeness (QED) is 0.301. The molecule has 0 fully saturated rings. The molecule has 0 radical (unpaired) electrons. The summed E-state index contributed by atoms with van der Waals surface area (Å²) in [6.07, 6.45) is -7.24. The summed E-state index contributed by atoms with van der Waals surface area (Å²) in [4.78, 5) is 0. The Morgan fingerprint density at radius 2 is 1.41 bits per heavy atom. The molecule has 2 aromatic carbocycles. The number of halogens is 8. The van der Waals surface area contributed by atoms with E-state index in [-0.39, 0.29) is 11.6 Å². The van der Waals surface area contributed by atoms with Gasteiger partial charge in [0.15, 0.2) is 0 Å². The maximum absolute atomic E-state index is 13.0. The predicted molar refractivity (Wildman–Crippen MR) is 90.9 cm³/mol. The Morgan fingerprint density at radius 3 is 1.89 bits per heavy atom. The van der Waals surface area contributed by atoms with Gasteiger partial charge in [0, 0.05) is 0 Å². The minimum absolute atomic E-state index is 0.0834. The Kier molecular flexibility index (Phi) is 7.12. The van der Waals surface area contributed by atoms with Gasteiger partial charge in [-0.25, -0.2) is 0 Å². The van der Waals surface area contributed by atoms with Crippen molar-refractivity contribution in [2.75, 3.05) is 0 Å². The molecule has 0 saturated heterocycles. The fraction of sp³-hybridized carbons (Fsp3) is 0.222. The van der Waals surface area contributed by atoms with Crippen LogP contribution in [-0.2, 0) is 35.8 Å². The van der Waals surface area contributed by atoms with Crippen molar-refractivity contribution in [2.45, 2.75) is 25.7 Å². The molecule has 144 valence electrons. The average molecular weight is 461 g/mol. The zero-order valence-corrected chi connectivity index (χ0v) is 16.8. The molecule has 0 N–H and O–H groups in total. The molecule has 0 spiro atoms. The van der Waals surface area contributed by atoms with Crippen molar-refractivity contribution in [3.63, 3.8) is 0 Å². The molecular weight excluding hydrogens is 449 g/mol. The van der Waals surface area contributed by atoms with Crippen LogP contribution in [0.15, 0.2) is 42.0 Å². The van der Waals surface area contributed by atoms with Crippen molar-refractivity contribution < 1.29 is 43.4 Å². The first-order chi connectivity index (χ1) is 12.5. The van der Waals surface area contributed by atoms with Crippen LogP contribution in [0, 0.1) is 0 Å². The number of rotatable bonds is 1. The Bertz CT molecular complexity index is 824. The van der Waals surface area contributed by atoms with Gasteiger partial charge in [0.2, 0.25) is 0 Å². The van der Waals surface area contributed by atoms with E-state index in [2.05, 4.69) is 0 Å². The molecule has 0 nitrogen and oxygen atoms in total. The summed E-state index contributed by atoms with van der Waals surface area (Å²) < 4.78 is 78.1. The first kappa shape index (κ1) is 22.3. The van der Waals surface area contributed by atoms with Crippen molar-refractivity contribution in [3.8, 4) is 11.1 Å². The van der Waals surface area contributed by atoms with E-state index in [0.717, 1.165) is 23.3 Å². The van der Waals surface area contributed by atoms with Crippen molar-refractivity contribution in [1.29, 1.82) is 0 Å². The number of hydrogen-bond acceptors (Lipinski definition) is 0. The molecule has 0 aliphatic heterocycles. The van der Waals surface area contributed by atoms with Crippen LogP contribution in [-0.4, -0.2) is 0 Å². The average Bonchev–Trinajstić information content (AvgIpc) is 2.93. The van der Waals surface area contributed by atoms with Crippen LogP contribution < -0.4 is 0 Å². The number of allylic oxidation sites excluding steroid dienone is 1. The number of benzene rings is 2. The van der Waals surface area contributed by atoms with Gasteiger partial charge in [-0.05, 0) is 53.8 Å². The Morgan fingerprint density at radius 1 is 0.889 bits per heavy atom. The van der Waals surface area contributed by atoms with E-state index in [1.165, 1.54) is 0 Å². The molecule has 27 heavy (non-hydrogen) atoms. The summed E-state index contributed by atoms with van der Waals surface area (Å²) >= 11 is -0.556. The fourth-order valence-electron chi connectivity index (χ4n) is 2.90. The summed E-state index contributed by atoms with van der Waals surface area (Å²) in [6, 6.07) is 6.70. The monoisotopic (exact) mass is 460 g/mol. The first-order valence-corrected chi connectivity index (χ1v) is 11.8. The summed E-state index contributed by atoms with van der Waals surface area (Å²) in [7, 11) is 9.78. The van der Waals surface area contributed by atoms with Crippen molar-refractivity contribution in [1.82, 2.24) is 0 Å². The Hall–Kier alpha value is -0.946. The van der Waals surface area contributed by atoms with Gasteiger partial charge < -0.3 is 0 Å². The molecule has 0 atom stereocenters. The van der Waals surface area contributed by atoms with Crippen molar-refractivity contribution in [3.05, 3.63) is 64.2 Å². The second kappa shape index (κ2) is 8.60. The van der Waals surface area contributed by atoms with Crippen LogP contribution >= 0.6 is 18.6 Å². The first-order valence-electron chi connectivity index (χ1n) is 7.52. The third-order valence-corrected chi connectivity index (χ3v) is 3.96. The summed E-state index contributed by atoms with van der Waals surface area (Å²) in [5, 5.41) is 0. The maximum atomic E-state index is 13.0. The van der Waals surface area contributed by atoms with Crippen molar-refractivity contribution in [2.24, 2.45) is 0 Å². The predicted octanol–water partition coefficient (Wildman–Crippen LogP) is 7.73. The van der Waals surface area contributed by atoms with Gasteiger partial charge in [-0.3, -0.25) is 0 Å². The molecule has 0 bridgehead atoms. The van der Waals surface area contributed by atoms with Gasteiger partial charge in [-0.1, -0.05) is 29.8 Å². The topological polar surface area (TPSA) is 0 Å². The van der Waals surface area contributed by atoms with Gasteiger partial charge in [-0.15, -0.1) is 0 Å². The Balaban J connectivity index is 0.000000817. The second-order valence-corrected chi connectivity index (χ2v) is 8.49. The molecule has 0 aromatic heterocycles. The van der Waals surface area contributed by atoms with Gasteiger partial charge in [0.05, 0.1) is 11.1 Å². The fourth-order valence-corrected chi connectivity index (χ4v) is 2.90. The molecule has 0 unspecified atom stereocenters. The van der Waals surface area contributed by atoms with E-state index >= 15 is 0 Å². The zero-order chi connectivity index (χ0) is 20.4. The van der Waals surface area contributed by atoms with Crippen LogP contribution in [0.4, 0.5) is 26.3 Å². The molecule has 0 heterocycles. The third-order valence-electron chi connectivity index (χ3n) is 3.96. The van der Waals surface area contributed by atoms with E-state index < -0.39 is 40.5 Å². The van der Waals surface area contributed by atoms with Gasteiger partial charge >= 0.3 is 48.0 Å². The molecule has 1 aliphatic carbocycles. The van der Waals surface area contributed by atoms with E-state index in [0.29, 0.717) is 17.5 Å². The summed E-state index contributed by atoms with van der Waals surface area (Å²) in [5.74, 6) is 0. The molecular formula is C18H12Cl2F6Ti. The molecule has 1 aliphatic rings. The van der Waals surface area contributed by atoms with Gasteiger partial charge in [-0.2, -0.15) is 26.3 Å². The van der Waals surface area contributed by atoms with Crippen LogP contribution in [0.5, 0.6) is 0 Å². The van der Waals surface area contributed by atoms with E-state index in [4.69, 9.17) is 18.6 Å². The van der Waals surface area contributed by atoms with Crippen LogP contribution in [0.25, 0.3) is 17.2 Å². The zero-order valence-electron chi connectivity index (χ0n) is 13.8. The molecule has 0 saturated carbocycles. The van der Waals surface area contributed by atoms with E-state index in [1.807, 2.05) is 13.0 Å². The molecule has 3 rings (SSSR count). The number of alkyl halides is 6. The summed E-state index contributed by atoms with van der Waals surface area (Å²) in [5.41, 5.74) is 0.284. The SMILES string of the molecule is CC1=Cc2c(cccc2-c2cc(C(F)(F)F)cc(C(F)(F)F)c2)C1.[Cl][Ti][Cl]. The van der Waals surface area contributed by atoms with Gasteiger partial charge in [0.1, 0.15) is 0 Å². The molecule has 9 heteroatoms. The van der Waals surface area contributed by atoms with E-state index in [1.54, 1.807) is 18.2 Å². The standard InChI is InChI=1S/C18H12F6.2ClH.Ti/c1-10-5-11-3-2-4-15(16(11)6-10)12-7-13(17(19,20)21)9-14(8-12)18(22,23)24;;;/h2-4,6-9H,5H2,1H3;2*1H;/q;;;+2/p-2. The van der Waals surface area contributed by atoms with E-state index in [9.17, 15) is 26.3 Å². The molecule has 0 amide bonds. The number of hydrogen-bond donors (Lipinski definition) is 0. The van der Waals surface area contributed by atoms with Crippen molar-refractivity contribution >= 4 is 24.7 Å². The van der Waals surface area contributed by atoms with Crippen LogP contribution in [0.2, 0.25) is 0 Å². The van der Waals surface area contributed by atoms with Gasteiger partial charge in [0.25, 0.3) is 0 Å². The van der Waals surface area contributed by atoms with Crippen LogP contribution in [0.3, 0.4) is 0 Å². The number of fused-ring (bicyclic) bond motifs is 1. The summed E-state index contributed by atoms with van der Waals surface area (Å²) in [6.45, 7) is 1.87. The third kappa shape index (κ3) is 5.53. The Labute approximate surface area is 168 Å². The molecule has 2 aromatic rings. The second-order valence-electron chi connectivity index (χ2n) is 5.91. The normalized spacial score (nSPS) is 13.4. The minimum atomic E-state index is -4.85. The van der Waals surface area contributed by atoms with Crippen LogP contribution in [0.1, 0.15) is 29.2 Å².